The average Bonchev–Trinajstić information content (AvgIpc) is 2.77. The second-order valence-electron chi connectivity index (χ2n) is 7.35. The molecule has 118 valence electrons. The molecule has 0 bridgehead atoms. The summed E-state index contributed by atoms with van der Waals surface area (Å²) < 4.78 is 0. The first-order valence-corrected chi connectivity index (χ1v) is 8.73. The van der Waals surface area contributed by atoms with Crippen LogP contribution in [0.4, 0.5) is 0 Å². The van der Waals surface area contributed by atoms with E-state index in [1.807, 2.05) is 0 Å². The number of hydrogen-bond acceptors (Lipinski definition) is 2. The van der Waals surface area contributed by atoms with Gasteiger partial charge in [-0.1, -0.05) is 32.6 Å². The Bertz CT molecular complexity index is 415. The monoisotopic (exact) mass is 292 g/mol. The quantitative estimate of drug-likeness (QED) is 0.755. The fourth-order valence-electron chi connectivity index (χ4n) is 4.43. The summed E-state index contributed by atoms with van der Waals surface area (Å²) in [5.41, 5.74) is -0.564. The van der Waals surface area contributed by atoms with E-state index in [2.05, 4.69) is 17.1 Å². The van der Waals surface area contributed by atoms with Crippen LogP contribution in [-0.2, 0) is 9.59 Å². The fraction of sp³-hybridized carbons (Fsp3) is 0.882. The highest BCUT2D eigenvalue weighted by molar-refractivity contribution is 5.94. The number of amides is 2. The van der Waals surface area contributed by atoms with E-state index >= 15 is 0 Å². The van der Waals surface area contributed by atoms with Crippen molar-refractivity contribution in [1.29, 1.82) is 0 Å². The normalized spacial score (nSPS) is 33.7. The zero-order chi connectivity index (χ0) is 14.9. The molecule has 4 nitrogen and oxygen atoms in total. The van der Waals surface area contributed by atoms with E-state index in [0.29, 0.717) is 19.0 Å². The largest absolute Gasteiger partial charge is 0.342 e. The molecule has 1 saturated heterocycles. The molecule has 1 aliphatic heterocycles. The lowest BCUT2D eigenvalue weighted by Gasteiger charge is -2.36. The molecular weight excluding hydrogens is 264 g/mol. The molecule has 1 heterocycles. The van der Waals surface area contributed by atoms with Gasteiger partial charge in [-0.3, -0.25) is 9.59 Å². The average molecular weight is 292 g/mol. The van der Waals surface area contributed by atoms with Crippen LogP contribution in [-0.4, -0.2) is 34.8 Å². The first-order chi connectivity index (χ1) is 10.1. The van der Waals surface area contributed by atoms with Crippen molar-refractivity contribution in [2.24, 2.45) is 5.92 Å². The first-order valence-electron chi connectivity index (χ1n) is 8.73. The van der Waals surface area contributed by atoms with Gasteiger partial charge in [-0.05, 0) is 38.0 Å². The summed E-state index contributed by atoms with van der Waals surface area (Å²) in [7, 11) is 0. The minimum atomic E-state index is -0.564. The highest BCUT2D eigenvalue weighted by Gasteiger charge is 2.47. The van der Waals surface area contributed by atoms with Crippen molar-refractivity contribution in [1.82, 2.24) is 10.2 Å². The molecule has 21 heavy (non-hydrogen) atoms. The second kappa shape index (κ2) is 5.98. The molecule has 0 aromatic heterocycles. The first kappa shape index (κ1) is 14.9. The van der Waals surface area contributed by atoms with Crippen LogP contribution in [0.1, 0.15) is 71.1 Å². The third-order valence-corrected chi connectivity index (χ3v) is 5.75. The summed E-state index contributed by atoms with van der Waals surface area (Å²) in [5, 5.41) is 3.07. The van der Waals surface area contributed by atoms with Crippen LogP contribution < -0.4 is 5.32 Å². The van der Waals surface area contributed by atoms with Gasteiger partial charge in [-0.25, -0.2) is 0 Å². The summed E-state index contributed by atoms with van der Waals surface area (Å²) in [4.78, 5) is 27.2. The smallest absolute Gasteiger partial charge is 0.248 e. The molecule has 1 spiro atoms. The Balaban J connectivity index is 1.79. The van der Waals surface area contributed by atoms with Crippen molar-refractivity contribution < 1.29 is 9.59 Å². The zero-order valence-corrected chi connectivity index (χ0v) is 13.2. The van der Waals surface area contributed by atoms with Crippen LogP contribution in [0.15, 0.2) is 0 Å². The van der Waals surface area contributed by atoms with Gasteiger partial charge in [0, 0.05) is 19.0 Å². The van der Waals surface area contributed by atoms with Crippen molar-refractivity contribution >= 4 is 11.8 Å². The Kier molecular flexibility index (Phi) is 4.23. The number of rotatable bonds is 1. The van der Waals surface area contributed by atoms with E-state index in [1.165, 1.54) is 19.3 Å². The van der Waals surface area contributed by atoms with E-state index in [-0.39, 0.29) is 11.8 Å². The Morgan fingerprint density at radius 3 is 2.57 bits per heavy atom. The second-order valence-corrected chi connectivity index (χ2v) is 7.35. The molecule has 0 radical (unpaired) electrons. The summed E-state index contributed by atoms with van der Waals surface area (Å²) >= 11 is 0. The number of carbonyl (C=O) groups excluding carboxylic acids is 2. The number of carbonyl (C=O) groups is 2. The van der Waals surface area contributed by atoms with Gasteiger partial charge in [0.15, 0.2) is 0 Å². The van der Waals surface area contributed by atoms with Crippen LogP contribution in [0, 0.1) is 5.92 Å². The molecule has 2 amide bonds. The standard InChI is InChI=1S/C17H28N2O2/c1-13-5-4-6-14(8-7-13)19-12-9-15(20)18-17(16(19)21)10-2-3-11-17/h13-14H,2-12H2,1H3,(H,18,20). The van der Waals surface area contributed by atoms with Gasteiger partial charge < -0.3 is 10.2 Å². The number of nitrogens with one attached hydrogen (secondary N) is 1. The van der Waals surface area contributed by atoms with Gasteiger partial charge in [-0.15, -0.1) is 0 Å². The molecule has 0 aromatic carbocycles. The maximum absolute atomic E-state index is 13.1. The van der Waals surface area contributed by atoms with Gasteiger partial charge >= 0.3 is 0 Å². The molecule has 3 rings (SSSR count). The van der Waals surface area contributed by atoms with Gasteiger partial charge in [-0.2, -0.15) is 0 Å². The molecule has 1 N–H and O–H groups in total. The molecule has 2 saturated carbocycles. The van der Waals surface area contributed by atoms with Crippen LogP contribution in [0.2, 0.25) is 0 Å². The Morgan fingerprint density at radius 2 is 1.81 bits per heavy atom. The number of hydrogen-bond donors (Lipinski definition) is 1. The maximum Gasteiger partial charge on any atom is 0.248 e. The number of nitrogens with zero attached hydrogens (tertiary/aromatic N) is 1. The molecule has 3 aliphatic rings. The Morgan fingerprint density at radius 1 is 1.05 bits per heavy atom. The maximum atomic E-state index is 13.1. The van der Waals surface area contributed by atoms with Crippen LogP contribution in [0.3, 0.4) is 0 Å². The minimum Gasteiger partial charge on any atom is -0.342 e. The van der Waals surface area contributed by atoms with Crippen molar-refractivity contribution in [3.63, 3.8) is 0 Å². The van der Waals surface area contributed by atoms with Crippen LogP contribution in [0.5, 0.6) is 0 Å². The highest BCUT2D eigenvalue weighted by Crippen LogP contribution is 2.35. The summed E-state index contributed by atoms with van der Waals surface area (Å²) in [6, 6.07) is 0.354. The Hall–Kier alpha value is -1.06. The topological polar surface area (TPSA) is 49.4 Å². The molecule has 3 fully saturated rings. The van der Waals surface area contributed by atoms with Crippen molar-refractivity contribution in [3.8, 4) is 0 Å². The van der Waals surface area contributed by atoms with Crippen molar-refractivity contribution in [2.45, 2.75) is 82.7 Å². The molecule has 4 heteroatoms. The van der Waals surface area contributed by atoms with Crippen LogP contribution in [0.25, 0.3) is 0 Å². The zero-order valence-electron chi connectivity index (χ0n) is 13.2. The van der Waals surface area contributed by atoms with Gasteiger partial charge in [0.1, 0.15) is 5.54 Å². The molecule has 2 unspecified atom stereocenters. The summed E-state index contributed by atoms with van der Waals surface area (Å²) in [5.74, 6) is 1.05. The predicted octanol–water partition coefficient (Wildman–Crippen LogP) is 2.62. The minimum absolute atomic E-state index is 0.0646. The predicted molar refractivity (Wildman–Crippen MR) is 81.7 cm³/mol. The molecule has 2 aliphatic carbocycles. The lowest BCUT2D eigenvalue weighted by molar-refractivity contribution is -0.141. The lowest BCUT2D eigenvalue weighted by Crippen LogP contribution is -2.57. The fourth-order valence-corrected chi connectivity index (χ4v) is 4.43. The van der Waals surface area contributed by atoms with E-state index < -0.39 is 5.54 Å². The highest BCUT2D eigenvalue weighted by atomic mass is 16.2. The van der Waals surface area contributed by atoms with E-state index in [4.69, 9.17) is 0 Å². The van der Waals surface area contributed by atoms with Gasteiger partial charge in [0.05, 0.1) is 0 Å². The van der Waals surface area contributed by atoms with Crippen molar-refractivity contribution in [3.05, 3.63) is 0 Å². The lowest BCUT2D eigenvalue weighted by atomic mass is 9.94. The van der Waals surface area contributed by atoms with E-state index in [0.717, 1.165) is 44.4 Å². The third-order valence-electron chi connectivity index (χ3n) is 5.75. The van der Waals surface area contributed by atoms with Crippen molar-refractivity contribution in [2.75, 3.05) is 6.54 Å². The van der Waals surface area contributed by atoms with Gasteiger partial charge in [0.2, 0.25) is 11.8 Å². The molecular formula is C17H28N2O2. The molecule has 2 atom stereocenters. The Labute approximate surface area is 127 Å². The van der Waals surface area contributed by atoms with E-state index in [9.17, 15) is 9.59 Å². The third kappa shape index (κ3) is 2.95. The molecule has 0 aromatic rings. The SMILES string of the molecule is CC1CCCC(N2CCC(=O)NC3(CCCC3)C2=O)CC1. The van der Waals surface area contributed by atoms with Gasteiger partial charge in [0.25, 0.3) is 0 Å². The van der Waals surface area contributed by atoms with E-state index in [1.54, 1.807) is 0 Å². The summed E-state index contributed by atoms with van der Waals surface area (Å²) in [6.45, 7) is 2.93. The summed E-state index contributed by atoms with van der Waals surface area (Å²) in [6.07, 6.45) is 10.2. The van der Waals surface area contributed by atoms with Crippen LogP contribution >= 0.6 is 0 Å².